The summed E-state index contributed by atoms with van der Waals surface area (Å²) in [5.74, 6) is 0. The fourth-order valence-corrected chi connectivity index (χ4v) is 5.11. The highest BCUT2D eigenvalue weighted by Gasteiger charge is 2.42. The highest BCUT2D eigenvalue weighted by Crippen LogP contribution is 2.38. The predicted octanol–water partition coefficient (Wildman–Crippen LogP) is 5.94. The van der Waals surface area contributed by atoms with E-state index in [1.807, 2.05) is 6.08 Å². The van der Waals surface area contributed by atoms with Gasteiger partial charge in [-0.05, 0) is 36.5 Å². The van der Waals surface area contributed by atoms with Gasteiger partial charge in [-0.1, -0.05) is 60.7 Å². The van der Waals surface area contributed by atoms with Gasteiger partial charge in [0.15, 0.2) is 8.32 Å². The zero-order valence-corrected chi connectivity index (χ0v) is 19.1. The lowest BCUT2D eigenvalue weighted by Crippen LogP contribution is -2.60. The van der Waals surface area contributed by atoms with Crippen LogP contribution < -0.4 is 4.98 Å². The number of rotatable bonds is 7. The molecule has 0 saturated heterocycles. The van der Waals surface area contributed by atoms with Gasteiger partial charge >= 0.3 is 0 Å². The molecular formula is C18H41NOSi2. The maximum absolute atomic E-state index is 6.63. The molecule has 0 bridgehead atoms. The lowest BCUT2D eigenvalue weighted by Gasteiger charge is -2.45. The van der Waals surface area contributed by atoms with E-state index < -0.39 is 16.6 Å². The molecule has 1 N–H and O–H groups in total. The lowest BCUT2D eigenvalue weighted by molar-refractivity contribution is 0.161. The van der Waals surface area contributed by atoms with Crippen LogP contribution >= 0.6 is 0 Å². The van der Waals surface area contributed by atoms with E-state index in [1.54, 1.807) is 0 Å². The van der Waals surface area contributed by atoms with Gasteiger partial charge in [0.25, 0.3) is 0 Å². The van der Waals surface area contributed by atoms with Crippen molar-refractivity contribution in [2.75, 3.05) is 0 Å². The predicted molar refractivity (Wildman–Crippen MR) is 107 cm³/mol. The zero-order valence-electron chi connectivity index (χ0n) is 17.1. The van der Waals surface area contributed by atoms with Crippen molar-refractivity contribution in [1.82, 2.24) is 4.98 Å². The summed E-state index contributed by atoms with van der Waals surface area (Å²) in [6.45, 7) is 29.6. The second kappa shape index (κ2) is 7.33. The average molecular weight is 344 g/mol. The Kier molecular flexibility index (Phi) is 7.36. The van der Waals surface area contributed by atoms with Gasteiger partial charge in [-0.25, -0.2) is 0 Å². The molecule has 0 fully saturated rings. The molecule has 4 heteroatoms. The molecule has 0 aromatic heterocycles. The summed E-state index contributed by atoms with van der Waals surface area (Å²) in [4.78, 5) is 3.97. The van der Waals surface area contributed by atoms with Gasteiger partial charge in [0.05, 0.1) is 6.10 Å². The molecule has 0 radical (unpaired) electrons. The van der Waals surface area contributed by atoms with Gasteiger partial charge in [-0.2, -0.15) is 0 Å². The normalized spacial score (nSPS) is 17.2. The van der Waals surface area contributed by atoms with E-state index >= 15 is 0 Å². The summed E-state index contributed by atoms with van der Waals surface area (Å²) in [6.07, 6.45) is 3.20. The van der Waals surface area contributed by atoms with Crippen molar-refractivity contribution in [3.8, 4) is 0 Å². The molecule has 0 aromatic rings. The van der Waals surface area contributed by atoms with E-state index in [9.17, 15) is 0 Å². The van der Waals surface area contributed by atoms with Crippen LogP contribution in [-0.2, 0) is 4.43 Å². The Morgan fingerprint density at radius 1 is 1.00 bits per heavy atom. The Bertz CT molecular complexity index is 364. The van der Waals surface area contributed by atoms with Crippen LogP contribution in [0.3, 0.4) is 0 Å². The van der Waals surface area contributed by atoms with Crippen molar-refractivity contribution >= 4 is 16.6 Å². The van der Waals surface area contributed by atoms with Crippen LogP contribution in [0.25, 0.3) is 0 Å². The molecular weight excluding hydrogens is 302 g/mol. The Morgan fingerprint density at radius 3 is 1.77 bits per heavy atom. The van der Waals surface area contributed by atoms with Crippen LogP contribution in [0, 0.1) is 0 Å². The zero-order chi connectivity index (χ0) is 18.0. The number of nitrogens with one attached hydrogen (secondary N) is 1. The molecule has 0 amide bonds. The lowest BCUT2D eigenvalue weighted by atomic mass is 10.1. The van der Waals surface area contributed by atoms with Gasteiger partial charge < -0.3 is 9.41 Å². The fraction of sp³-hybridized carbons (Fsp3) is 0.889. The van der Waals surface area contributed by atoms with Crippen LogP contribution in [0.4, 0.5) is 0 Å². The molecule has 132 valence electrons. The topological polar surface area (TPSA) is 21.3 Å². The minimum absolute atomic E-state index is 0.216. The van der Waals surface area contributed by atoms with Crippen LogP contribution in [0.5, 0.6) is 0 Å². The van der Waals surface area contributed by atoms with E-state index in [0.717, 1.165) is 6.42 Å². The van der Waals surface area contributed by atoms with Crippen molar-refractivity contribution < 1.29 is 4.43 Å². The largest absolute Gasteiger partial charge is 0.413 e. The highest BCUT2D eigenvalue weighted by molar-refractivity contribution is 6.77. The van der Waals surface area contributed by atoms with E-state index in [4.69, 9.17) is 4.43 Å². The molecule has 0 aliphatic heterocycles. The number of hydrogen-bond acceptors (Lipinski definition) is 2. The van der Waals surface area contributed by atoms with Gasteiger partial charge in [0.1, 0.15) is 8.24 Å². The maximum Gasteiger partial charge on any atom is 0.192 e. The molecule has 0 rings (SSSR count). The van der Waals surface area contributed by atoms with Crippen LogP contribution in [0.1, 0.15) is 54.9 Å². The molecule has 0 aliphatic rings. The highest BCUT2D eigenvalue weighted by atomic mass is 28.4. The van der Waals surface area contributed by atoms with E-state index in [1.165, 1.54) is 0 Å². The van der Waals surface area contributed by atoms with Crippen LogP contribution in [0.2, 0.25) is 36.3 Å². The Balaban J connectivity index is 5.15. The van der Waals surface area contributed by atoms with Gasteiger partial charge in [0, 0.05) is 6.04 Å². The Hall–Kier alpha value is 0.0938. The molecule has 2 nitrogen and oxygen atoms in total. The second-order valence-electron chi connectivity index (χ2n) is 9.73. The van der Waals surface area contributed by atoms with E-state index in [2.05, 4.69) is 86.2 Å². The summed E-state index contributed by atoms with van der Waals surface area (Å²) in [7, 11) is -3.29. The third kappa shape index (κ3) is 5.95. The summed E-state index contributed by atoms with van der Waals surface area (Å²) in [5, 5.41) is 0.570. The van der Waals surface area contributed by atoms with Crippen molar-refractivity contribution in [3.05, 3.63) is 12.7 Å². The summed E-state index contributed by atoms with van der Waals surface area (Å²) >= 11 is 0. The van der Waals surface area contributed by atoms with Gasteiger partial charge in [0.2, 0.25) is 0 Å². The summed E-state index contributed by atoms with van der Waals surface area (Å²) in [5.41, 5.74) is 0. The summed E-state index contributed by atoms with van der Waals surface area (Å²) < 4.78 is 6.63. The third-order valence-electron chi connectivity index (χ3n) is 5.70. The Labute approximate surface area is 142 Å². The van der Waals surface area contributed by atoms with Crippen molar-refractivity contribution in [1.29, 1.82) is 0 Å². The minimum Gasteiger partial charge on any atom is -0.413 e. The van der Waals surface area contributed by atoms with E-state index in [-0.39, 0.29) is 11.1 Å². The average Bonchev–Trinajstić information content (AvgIpc) is 2.24. The van der Waals surface area contributed by atoms with Gasteiger partial charge in [-0.15, -0.1) is 6.58 Å². The van der Waals surface area contributed by atoms with E-state index in [0.29, 0.717) is 11.1 Å². The van der Waals surface area contributed by atoms with Crippen molar-refractivity contribution in [3.63, 3.8) is 0 Å². The Morgan fingerprint density at radius 2 is 1.45 bits per heavy atom. The van der Waals surface area contributed by atoms with Gasteiger partial charge in [-0.3, -0.25) is 0 Å². The molecule has 0 heterocycles. The first-order chi connectivity index (χ1) is 9.55. The molecule has 0 aliphatic carbocycles. The second-order valence-corrected chi connectivity index (χ2v) is 19.5. The monoisotopic (exact) mass is 343 g/mol. The van der Waals surface area contributed by atoms with Crippen molar-refractivity contribution in [2.24, 2.45) is 0 Å². The smallest absolute Gasteiger partial charge is 0.192 e. The quantitative estimate of drug-likeness (QED) is 0.456. The fourth-order valence-electron chi connectivity index (χ4n) is 1.95. The molecule has 0 unspecified atom stereocenters. The molecule has 2 atom stereocenters. The minimum atomic E-state index is -1.74. The maximum atomic E-state index is 6.63. The molecule has 22 heavy (non-hydrogen) atoms. The third-order valence-corrected chi connectivity index (χ3v) is 15.1. The number of hydrogen-bond donors (Lipinski definition) is 1. The summed E-state index contributed by atoms with van der Waals surface area (Å²) in [6, 6.07) is 0.354. The molecule has 0 aromatic carbocycles. The molecule has 0 saturated carbocycles. The first-order valence-corrected chi connectivity index (χ1v) is 14.5. The van der Waals surface area contributed by atoms with Crippen molar-refractivity contribution in [2.45, 2.75) is 103 Å². The van der Waals surface area contributed by atoms with Crippen LogP contribution in [0.15, 0.2) is 12.7 Å². The first kappa shape index (κ1) is 22.1. The molecule has 0 spiro atoms. The van der Waals surface area contributed by atoms with Crippen LogP contribution in [-0.4, -0.2) is 28.7 Å². The first-order valence-electron chi connectivity index (χ1n) is 8.61. The standard InChI is InChI=1S/C18H41NOSi2/c1-13-14-16(19-21(9,10)17(3,4)5)15(2)20-22(11,12)18(6,7)8/h13,15-16,19H,1,14H2,2-12H3/t15-,16-/m0/s1. The SMILES string of the molecule is C=CC[C@H](N[Si](C)(C)C(C)(C)C)[C@H](C)O[Si](C)(C)C(C)(C)C.